The zero-order chi connectivity index (χ0) is 17.1. The maximum Gasteiger partial charge on any atom is 0.340 e. The van der Waals surface area contributed by atoms with E-state index in [0.717, 1.165) is 27.4 Å². The molecule has 3 rings (SSSR count). The fraction of sp³-hybridized carbons (Fsp3) is 0.167. The number of aryl methyl sites for hydroxylation is 1. The number of hydrogen-bond donors (Lipinski definition) is 0. The topological polar surface area (TPSA) is 80.0 Å². The first-order chi connectivity index (χ1) is 11.7. The second-order valence-electron chi connectivity index (χ2n) is 5.26. The molecule has 0 spiro atoms. The highest BCUT2D eigenvalue weighted by atomic mass is 16.5. The number of aromatic nitrogens is 1. The van der Waals surface area contributed by atoms with E-state index in [-0.39, 0.29) is 12.3 Å². The van der Waals surface area contributed by atoms with Crippen molar-refractivity contribution in [2.75, 3.05) is 6.61 Å². The van der Waals surface area contributed by atoms with Crippen molar-refractivity contribution >= 4 is 33.9 Å². The van der Waals surface area contributed by atoms with Gasteiger partial charge in [0.05, 0.1) is 12.1 Å². The lowest BCUT2D eigenvalue weighted by atomic mass is 10.1. The van der Waals surface area contributed by atoms with Crippen LogP contribution in [0.15, 0.2) is 53.3 Å². The summed E-state index contributed by atoms with van der Waals surface area (Å²) >= 11 is 0. The van der Waals surface area contributed by atoms with Crippen LogP contribution in [0, 0.1) is 0 Å². The van der Waals surface area contributed by atoms with Gasteiger partial charge >= 0.3 is 5.97 Å². The number of nitrogens with zero attached hydrogens (tertiary/aromatic N) is 4. The molecule has 6 nitrogen and oxygen atoms in total. The molecule has 2 aromatic carbocycles. The van der Waals surface area contributed by atoms with Gasteiger partial charge in [-0.2, -0.15) is 0 Å². The monoisotopic (exact) mass is 320 g/mol. The van der Waals surface area contributed by atoms with Gasteiger partial charge in [-0.1, -0.05) is 41.5 Å². The van der Waals surface area contributed by atoms with E-state index < -0.39 is 5.97 Å². The third kappa shape index (κ3) is 2.59. The van der Waals surface area contributed by atoms with Gasteiger partial charge in [-0.25, -0.2) is 4.79 Å². The van der Waals surface area contributed by atoms with E-state index in [9.17, 15) is 4.79 Å². The number of ether oxygens (including phenoxy) is 1. The minimum absolute atomic E-state index is 0.0582. The average Bonchev–Trinajstić information content (AvgIpc) is 2.89. The molecule has 0 atom stereocenters. The highest BCUT2D eigenvalue weighted by Crippen LogP contribution is 2.31. The number of carbonyl (C=O) groups excluding carboxylic acids is 1. The lowest BCUT2D eigenvalue weighted by molar-refractivity contribution is -0.138. The molecule has 0 unspecified atom stereocenters. The zero-order valence-corrected chi connectivity index (χ0v) is 13.4. The van der Waals surface area contributed by atoms with Crippen molar-refractivity contribution in [3.8, 4) is 0 Å². The van der Waals surface area contributed by atoms with Crippen molar-refractivity contribution < 1.29 is 9.53 Å². The molecule has 0 radical (unpaired) electrons. The van der Waals surface area contributed by atoms with E-state index >= 15 is 0 Å². The Morgan fingerprint density at radius 3 is 2.75 bits per heavy atom. The molecule has 0 saturated heterocycles. The fourth-order valence-electron chi connectivity index (χ4n) is 2.91. The summed E-state index contributed by atoms with van der Waals surface area (Å²) in [6.45, 7) is 1.92. The second-order valence-corrected chi connectivity index (χ2v) is 5.26. The molecule has 0 saturated carbocycles. The largest absolute Gasteiger partial charge is 0.462 e. The summed E-state index contributed by atoms with van der Waals surface area (Å²) in [5, 5.41) is 5.69. The summed E-state index contributed by atoms with van der Waals surface area (Å²) in [7, 11) is 1.97. The molecule has 0 amide bonds. The predicted octanol–water partition coefficient (Wildman–Crippen LogP) is 4.55. The minimum Gasteiger partial charge on any atom is -0.462 e. The number of azide groups is 1. The fourth-order valence-corrected chi connectivity index (χ4v) is 2.91. The third-order valence-corrected chi connectivity index (χ3v) is 3.89. The van der Waals surface area contributed by atoms with E-state index in [2.05, 4.69) is 20.7 Å². The van der Waals surface area contributed by atoms with Crippen molar-refractivity contribution in [3.63, 3.8) is 0 Å². The summed E-state index contributed by atoms with van der Waals surface area (Å²) in [5.74, 6) is -0.633. The lowest BCUT2D eigenvalue weighted by Crippen LogP contribution is -2.05. The summed E-state index contributed by atoms with van der Waals surface area (Å²) in [4.78, 5) is 14.7. The van der Waals surface area contributed by atoms with Gasteiger partial charge in [-0.05, 0) is 30.2 Å². The van der Waals surface area contributed by atoms with E-state index in [1.807, 2.05) is 43.4 Å². The third-order valence-electron chi connectivity index (χ3n) is 3.89. The first-order valence-corrected chi connectivity index (χ1v) is 7.57. The van der Waals surface area contributed by atoms with E-state index in [4.69, 9.17) is 10.3 Å². The van der Waals surface area contributed by atoms with Gasteiger partial charge in [-0.15, -0.1) is 0 Å². The summed E-state index contributed by atoms with van der Waals surface area (Å²) in [6, 6.07) is 13.9. The van der Waals surface area contributed by atoms with Crippen molar-refractivity contribution in [1.29, 1.82) is 0 Å². The van der Waals surface area contributed by atoms with Crippen LogP contribution in [0.2, 0.25) is 0 Å². The summed E-state index contributed by atoms with van der Waals surface area (Å²) in [5.41, 5.74) is 11.5. The Bertz CT molecular complexity index is 1010. The zero-order valence-electron chi connectivity index (χ0n) is 13.4. The molecule has 0 fully saturated rings. The van der Waals surface area contributed by atoms with Crippen LogP contribution < -0.4 is 0 Å². The second kappa shape index (κ2) is 6.48. The summed E-state index contributed by atoms with van der Waals surface area (Å²) < 4.78 is 7.02. The van der Waals surface area contributed by atoms with Crippen LogP contribution in [-0.4, -0.2) is 17.1 Å². The maximum absolute atomic E-state index is 12.0. The van der Waals surface area contributed by atoms with E-state index in [0.29, 0.717) is 0 Å². The molecule has 3 aromatic rings. The Labute approximate surface area is 138 Å². The highest BCUT2D eigenvalue weighted by molar-refractivity contribution is 6.11. The number of para-hydroxylation sites is 2. The van der Waals surface area contributed by atoms with Gasteiger partial charge in [0, 0.05) is 28.2 Å². The standard InChI is InChI=1S/C18H16N4O2/c1-3-24-18(23)15(20-21-19)11-12-7-6-9-14-13-8-4-5-10-16(13)22(2)17(12)14/h4-11H,3H2,1-2H3/b15-11+. The van der Waals surface area contributed by atoms with Gasteiger partial charge in [0.1, 0.15) is 5.70 Å². The van der Waals surface area contributed by atoms with Crippen LogP contribution in [0.25, 0.3) is 38.3 Å². The van der Waals surface area contributed by atoms with Gasteiger partial charge in [-0.3, -0.25) is 0 Å². The molecule has 1 heterocycles. The normalized spacial score (nSPS) is 11.5. The molecule has 6 heteroatoms. The van der Waals surface area contributed by atoms with E-state index in [1.165, 1.54) is 0 Å². The number of benzene rings is 2. The molecule has 0 aliphatic heterocycles. The van der Waals surface area contributed by atoms with Gasteiger partial charge in [0.25, 0.3) is 0 Å². The molecule has 1 aromatic heterocycles. The average molecular weight is 320 g/mol. The number of fused-ring (bicyclic) bond motifs is 3. The van der Waals surface area contributed by atoms with Gasteiger partial charge in [0.2, 0.25) is 0 Å². The Kier molecular flexibility index (Phi) is 4.22. The molecule has 120 valence electrons. The first kappa shape index (κ1) is 15.6. The van der Waals surface area contributed by atoms with Crippen LogP contribution in [0.1, 0.15) is 12.5 Å². The maximum atomic E-state index is 12.0. The van der Waals surface area contributed by atoms with Gasteiger partial charge < -0.3 is 9.30 Å². The Hall–Kier alpha value is -3.24. The Morgan fingerprint density at radius 2 is 2.00 bits per heavy atom. The lowest BCUT2D eigenvalue weighted by Gasteiger charge is -2.05. The molecule has 0 bridgehead atoms. The smallest absolute Gasteiger partial charge is 0.340 e. The quantitative estimate of drug-likeness (QED) is 0.232. The molecular weight excluding hydrogens is 304 g/mol. The van der Waals surface area contributed by atoms with E-state index in [1.54, 1.807) is 13.0 Å². The van der Waals surface area contributed by atoms with Crippen LogP contribution in [0.3, 0.4) is 0 Å². The number of esters is 1. The molecule has 0 aliphatic carbocycles. The van der Waals surface area contributed by atoms with Crippen LogP contribution >= 0.6 is 0 Å². The van der Waals surface area contributed by atoms with Gasteiger partial charge in [0.15, 0.2) is 0 Å². The molecule has 0 aliphatic rings. The van der Waals surface area contributed by atoms with Crippen molar-refractivity contribution in [1.82, 2.24) is 4.57 Å². The number of rotatable bonds is 4. The minimum atomic E-state index is -0.633. The molecule has 24 heavy (non-hydrogen) atoms. The number of hydrogen-bond acceptors (Lipinski definition) is 3. The molecule has 0 N–H and O–H groups in total. The highest BCUT2D eigenvalue weighted by Gasteiger charge is 2.13. The molecular formula is C18H16N4O2. The van der Waals surface area contributed by atoms with Crippen LogP contribution in [0.4, 0.5) is 0 Å². The predicted molar refractivity (Wildman–Crippen MR) is 94.2 cm³/mol. The van der Waals surface area contributed by atoms with Crippen molar-refractivity contribution in [3.05, 3.63) is 64.2 Å². The Morgan fingerprint density at radius 1 is 1.25 bits per heavy atom. The first-order valence-electron chi connectivity index (χ1n) is 7.57. The van der Waals surface area contributed by atoms with Crippen LogP contribution in [-0.2, 0) is 16.6 Å². The van der Waals surface area contributed by atoms with Crippen LogP contribution in [0.5, 0.6) is 0 Å². The number of carbonyl (C=O) groups is 1. The Balaban J connectivity index is 2.28. The van der Waals surface area contributed by atoms with Crippen molar-refractivity contribution in [2.24, 2.45) is 12.2 Å². The SMILES string of the molecule is CCOC(=O)/C(=C\c1cccc2c3ccccc3n(C)c12)N=[N+]=[N-]. The summed E-state index contributed by atoms with van der Waals surface area (Å²) in [6.07, 6.45) is 1.57. The van der Waals surface area contributed by atoms with Crippen molar-refractivity contribution in [2.45, 2.75) is 6.92 Å².